The number of anilines is 1. The quantitative estimate of drug-likeness (QED) is 0.375. The maximum Gasteiger partial charge on any atom is 0.247 e. The van der Waals surface area contributed by atoms with Crippen LogP contribution in [0.4, 0.5) is 5.69 Å². The molecule has 9 nitrogen and oxygen atoms in total. The number of methoxy groups -OCH3 is 1. The molecule has 0 fully saturated rings. The van der Waals surface area contributed by atoms with Gasteiger partial charge in [0.1, 0.15) is 23.2 Å². The molecule has 1 aliphatic heterocycles. The summed E-state index contributed by atoms with van der Waals surface area (Å²) in [4.78, 5) is 21.3. The van der Waals surface area contributed by atoms with Gasteiger partial charge in [-0.2, -0.15) is 0 Å². The lowest BCUT2D eigenvalue weighted by atomic mass is 10.1. The van der Waals surface area contributed by atoms with Crippen LogP contribution in [0, 0.1) is 13.8 Å². The maximum absolute atomic E-state index is 12.7. The van der Waals surface area contributed by atoms with Gasteiger partial charge in [0.2, 0.25) is 5.91 Å². The number of amidine groups is 1. The lowest BCUT2D eigenvalue weighted by Gasteiger charge is -2.15. The number of nitrogens with zero attached hydrogens (tertiary/aromatic N) is 2. The van der Waals surface area contributed by atoms with Gasteiger partial charge in [0.05, 0.1) is 11.8 Å². The number of hydrogen-bond donors (Lipinski definition) is 4. The number of rotatable bonds is 10. The number of benzene rings is 1. The number of amides is 1. The number of aliphatic imine (C=N–C) groups is 1. The van der Waals surface area contributed by atoms with Gasteiger partial charge >= 0.3 is 0 Å². The van der Waals surface area contributed by atoms with E-state index in [2.05, 4.69) is 32.5 Å². The second-order valence-electron chi connectivity index (χ2n) is 8.28. The second-order valence-corrected chi connectivity index (χ2v) is 8.28. The van der Waals surface area contributed by atoms with Gasteiger partial charge in [0, 0.05) is 50.0 Å². The highest BCUT2D eigenvalue weighted by atomic mass is 16.5. The van der Waals surface area contributed by atoms with Crippen molar-refractivity contribution in [3.8, 4) is 11.5 Å². The first-order valence-electron chi connectivity index (χ1n) is 11.8. The van der Waals surface area contributed by atoms with Crippen LogP contribution in [0.5, 0.6) is 11.5 Å². The Bertz CT molecular complexity index is 1170. The minimum atomic E-state index is -0.138. The number of hydrogen-bond acceptors (Lipinski definition) is 7. The van der Waals surface area contributed by atoms with Crippen molar-refractivity contribution in [2.24, 2.45) is 10.7 Å². The summed E-state index contributed by atoms with van der Waals surface area (Å²) in [5, 5.41) is 9.39. The first-order valence-corrected chi connectivity index (χ1v) is 11.8. The molecule has 0 unspecified atom stereocenters. The summed E-state index contributed by atoms with van der Waals surface area (Å²) in [5.41, 5.74) is 10.3. The Labute approximate surface area is 212 Å². The van der Waals surface area contributed by atoms with E-state index in [1.165, 1.54) is 6.20 Å². The van der Waals surface area contributed by atoms with Crippen molar-refractivity contribution < 1.29 is 14.3 Å². The lowest BCUT2D eigenvalue weighted by Crippen LogP contribution is -2.28. The number of nitrogens with two attached hydrogens (primary N) is 1. The third kappa shape index (κ3) is 7.44. The summed E-state index contributed by atoms with van der Waals surface area (Å²) >= 11 is 0. The molecule has 0 saturated heterocycles. The maximum atomic E-state index is 12.7. The van der Waals surface area contributed by atoms with Crippen LogP contribution in [0.2, 0.25) is 0 Å². The van der Waals surface area contributed by atoms with E-state index in [1.54, 1.807) is 19.4 Å². The van der Waals surface area contributed by atoms with Crippen molar-refractivity contribution in [2.75, 3.05) is 32.1 Å². The van der Waals surface area contributed by atoms with E-state index in [0.29, 0.717) is 54.7 Å². The van der Waals surface area contributed by atoms with E-state index in [9.17, 15) is 4.79 Å². The average molecular weight is 491 g/mol. The zero-order valence-electron chi connectivity index (χ0n) is 21.1. The van der Waals surface area contributed by atoms with Crippen LogP contribution < -0.4 is 26.4 Å². The van der Waals surface area contributed by atoms with Crippen LogP contribution in [0.15, 0.2) is 77.3 Å². The fourth-order valence-electron chi connectivity index (χ4n) is 3.55. The van der Waals surface area contributed by atoms with Crippen molar-refractivity contribution in [3.05, 3.63) is 83.6 Å². The Kier molecular flexibility index (Phi) is 9.64. The molecule has 2 aromatic rings. The molecule has 0 bridgehead atoms. The molecule has 2 heterocycles. The molecule has 0 radical (unpaired) electrons. The van der Waals surface area contributed by atoms with Gasteiger partial charge in [-0.25, -0.2) is 4.99 Å². The molecular formula is C27H34N6O3. The second kappa shape index (κ2) is 13.1. The smallest absolute Gasteiger partial charge is 0.247 e. The number of aromatic nitrogens is 1. The molecule has 3 rings (SSSR count). The van der Waals surface area contributed by atoms with Gasteiger partial charge in [-0.15, -0.1) is 0 Å². The van der Waals surface area contributed by atoms with Crippen LogP contribution in [0.25, 0.3) is 0 Å². The minimum Gasteiger partial charge on any atom is -0.455 e. The summed E-state index contributed by atoms with van der Waals surface area (Å²) in [6.07, 6.45) is 6.17. The van der Waals surface area contributed by atoms with E-state index in [-0.39, 0.29) is 5.91 Å². The number of carbonyl (C=O) groups excluding carboxylic acids is 1. The van der Waals surface area contributed by atoms with Gasteiger partial charge in [0.25, 0.3) is 0 Å². The third-order valence-electron chi connectivity index (χ3n) is 5.44. The number of ether oxygens (including phenoxy) is 2. The normalized spacial score (nSPS) is 15.9. The Hall–Kier alpha value is -4.11. The molecule has 36 heavy (non-hydrogen) atoms. The van der Waals surface area contributed by atoms with Crippen LogP contribution in [0.1, 0.15) is 24.1 Å². The molecular weight excluding hydrogens is 456 g/mol. The largest absolute Gasteiger partial charge is 0.455 e. The van der Waals surface area contributed by atoms with E-state index in [1.807, 2.05) is 44.2 Å². The van der Waals surface area contributed by atoms with Crippen LogP contribution in [-0.4, -0.2) is 43.5 Å². The van der Waals surface area contributed by atoms with E-state index < -0.39 is 0 Å². The van der Waals surface area contributed by atoms with Crippen LogP contribution in [0.3, 0.4) is 0 Å². The average Bonchev–Trinajstić information content (AvgIpc) is 3.08. The molecule has 190 valence electrons. The van der Waals surface area contributed by atoms with Crippen LogP contribution in [-0.2, 0) is 9.53 Å². The predicted octanol–water partition coefficient (Wildman–Crippen LogP) is 3.69. The van der Waals surface area contributed by atoms with Gasteiger partial charge in [-0.05, 0) is 68.7 Å². The summed E-state index contributed by atoms with van der Waals surface area (Å²) in [6.45, 7) is 9.24. The fourth-order valence-corrected chi connectivity index (χ4v) is 3.55. The zero-order valence-corrected chi connectivity index (χ0v) is 21.1. The highest BCUT2D eigenvalue weighted by molar-refractivity contribution is 6.05. The SMILES string of the molecule is C=C/N=C1/NCCC(C(=O)NCCCOC)=C/C1=C(/N)Nc1ccc(Oc2ccc(C)nc2)c(C)c1. The van der Waals surface area contributed by atoms with Crippen LogP contribution >= 0.6 is 0 Å². The fraction of sp³-hybridized carbons (Fsp3) is 0.296. The molecule has 0 saturated carbocycles. The summed E-state index contributed by atoms with van der Waals surface area (Å²) in [6, 6.07) is 9.46. The molecule has 0 aliphatic carbocycles. The Morgan fingerprint density at radius 1 is 1.31 bits per heavy atom. The van der Waals surface area contributed by atoms with E-state index in [0.717, 1.165) is 29.1 Å². The standard InChI is InChI=1S/C27H34N6O3/c1-5-29-26-23(16-20(11-13-30-26)27(34)31-12-6-14-35-4)25(28)33-21-8-10-24(18(2)15-21)36-22-9-7-19(3)32-17-22/h5,7-10,15-17,33H,1,6,11-14,28H2,2-4H3,(H,29,30)(H,31,34)/b25-23+. The number of pyridine rings is 1. The summed E-state index contributed by atoms with van der Waals surface area (Å²) < 4.78 is 11.0. The van der Waals surface area contributed by atoms with Crippen molar-refractivity contribution >= 4 is 17.4 Å². The zero-order chi connectivity index (χ0) is 25.9. The van der Waals surface area contributed by atoms with Gasteiger partial charge < -0.3 is 31.2 Å². The molecule has 1 aliphatic rings. The van der Waals surface area contributed by atoms with Crippen molar-refractivity contribution in [3.63, 3.8) is 0 Å². The molecule has 0 spiro atoms. The first-order chi connectivity index (χ1) is 17.4. The Morgan fingerprint density at radius 3 is 2.83 bits per heavy atom. The molecule has 0 atom stereocenters. The highest BCUT2D eigenvalue weighted by Crippen LogP contribution is 2.27. The summed E-state index contributed by atoms with van der Waals surface area (Å²) in [7, 11) is 1.64. The minimum absolute atomic E-state index is 0.138. The monoisotopic (exact) mass is 490 g/mol. The van der Waals surface area contributed by atoms with Crippen molar-refractivity contribution in [2.45, 2.75) is 26.7 Å². The molecule has 1 amide bonds. The first kappa shape index (κ1) is 26.5. The van der Waals surface area contributed by atoms with E-state index >= 15 is 0 Å². The highest BCUT2D eigenvalue weighted by Gasteiger charge is 2.19. The van der Waals surface area contributed by atoms with Gasteiger partial charge in [-0.3, -0.25) is 9.78 Å². The third-order valence-corrected chi connectivity index (χ3v) is 5.44. The van der Waals surface area contributed by atoms with Gasteiger partial charge in [-0.1, -0.05) is 6.58 Å². The van der Waals surface area contributed by atoms with Crippen molar-refractivity contribution in [1.82, 2.24) is 15.6 Å². The number of aryl methyl sites for hydroxylation is 2. The molecule has 1 aromatic heterocycles. The molecule has 5 N–H and O–H groups in total. The molecule has 1 aromatic carbocycles. The van der Waals surface area contributed by atoms with Crippen molar-refractivity contribution in [1.29, 1.82) is 0 Å². The Balaban J connectivity index is 1.82. The number of carbonyl (C=O) groups is 1. The van der Waals surface area contributed by atoms with Gasteiger partial charge in [0.15, 0.2) is 0 Å². The Morgan fingerprint density at radius 2 is 2.14 bits per heavy atom. The predicted molar refractivity (Wildman–Crippen MR) is 143 cm³/mol. The summed E-state index contributed by atoms with van der Waals surface area (Å²) in [5.74, 6) is 2.14. The topological polar surface area (TPSA) is 123 Å². The lowest BCUT2D eigenvalue weighted by molar-refractivity contribution is -0.117. The van der Waals surface area contributed by atoms with E-state index in [4.69, 9.17) is 15.2 Å². The number of nitrogens with one attached hydrogen (secondary N) is 3. The molecule has 9 heteroatoms.